The smallest absolute Gasteiger partial charge is 0.358 e. The van der Waals surface area contributed by atoms with E-state index in [1.165, 1.54) is 6.42 Å². The van der Waals surface area contributed by atoms with Crippen LogP contribution in [0.5, 0.6) is 0 Å². The van der Waals surface area contributed by atoms with Crippen LogP contribution in [0.1, 0.15) is 32.0 Å². The minimum atomic E-state index is -4.45. The molecule has 0 amide bonds. The molecular formula is C9H12F3N3S. The van der Waals surface area contributed by atoms with Gasteiger partial charge in [-0.3, -0.25) is 0 Å². The van der Waals surface area contributed by atoms with Crippen molar-refractivity contribution in [1.29, 1.82) is 0 Å². The predicted molar refractivity (Wildman–Crippen MR) is 55.3 cm³/mol. The first kappa shape index (κ1) is 11.6. The third-order valence-corrected chi connectivity index (χ3v) is 3.53. The summed E-state index contributed by atoms with van der Waals surface area (Å²) >= 11 is 0.765. The molecule has 1 heterocycles. The zero-order valence-electron chi connectivity index (χ0n) is 8.71. The van der Waals surface area contributed by atoms with E-state index in [0.29, 0.717) is 5.92 Å². The largest absolute Gasteiger partial charge is 0.452 e. The molecule has 1 saturated carbocycles. The van der Waals surface area contributed by atoms with E-state index >= 15 is 0 Å². The number of nitrogens with one attached hydrogen (secondary N) is 1. The predicted octanol–water partition coefficient (Wildman–Crippen LogP) is 3.16. The fourth-order valence-electron chi connectivity index (χ4n) is 1.65. The molecule has 0 saturated heterocycles. The monoisotopic (exact) mass is 251 g/mol. The van der Waals surface area contributed by atoms with Gasteiger partial charge in [0.2, 0.25) is 11.0 Å². The summed E-state index contributed by atoms with van der Waals surface area (Å²) < 4.78 is 40.0. The molecule has 1 aliphatic carbocycles. The molecule has 1 aromatic rings. The van der Waals surface area contributed by atoms with E-state index in [9.17, 15) is 13.2 Å². The highest BCUT2D eigenvalue weighted by molar-refractivity contribution is 7.09. The molecule has 1 N–H and O–H groups in total. The van der Waals surface area contributed by atoms with Gasteiger partial charge in [0.25, 0.3) is 0 Å². The van der Waals surface area contributed by atoms with E-state index < -0.39 is 12.0 Å². The first-order valence-corrected chi connectivity index (χ1v) is 5.91. The van der Waals surface area contributed by atoms with Gasteiger partial charge in [0, 0.05) is 17.6 Å². The zero-order valence-corrected chi connectivity index (χ0v) is 9.53. The third-order valence-electron chi connectivity index (χ3n) is 2.89. The Hall–Kier alpha value is -0.850. The van der Waals surface area contributed by atoms with Crippen molar-refractivity contribution < 1.29 is 13.2 Å². The molecular weight excluding hydrogens is 239 g/mol. The topological polar surface area (TPSA) is 37.8 Å². The van der Waals surface area contributed by atoms with E-state index in [0.717, 1.165) is 24.4 Å². The van der Waals surface area contributed by atoms with Crippen molar-refractivity contribution >= 4 is 16.7 Å². The van der Waals surface area contributed by atoms with E-state index in [1.807, 2.05) is 6.92 Å². The Kier molecular flexibility index (Phi) is 3.05. The molecule has 1 aliphatic rings. The van der Waals surface area contributed by atoms with E-state index in [4.69, 9.17) is 0 Å². The average molecular weight is 251 g/mol. The molecule has 1 atom stereocenters. The fraction of sp³-hybridized carbons (Fsp3) is 0.778. The van der Waals surface area contributed by atoms with Crippen LogP contribution in [-0.4, -0.2) is 15.4 Å². The molecule has 0 aromatic carbocycles. The molecule has 3 nitrogen and oxygen atoms in total. The number of anilines is 1. The Morgan fingerprint density at radius 3 is 2.56 bits per heavy atom. The third kappa shape index (κ3) is 2.45. The normalized spacial score (nSPS) is 19.2. The lowest BCUT2D eigenvalue weighted by Crippen LogP contribution is -2.30. The number of aromatic nitrogens is 2. The van der Waals surface area contributed by atoms with Crippen LogP contribution in [0.25, 0.3) is 0 Å². The zero-order chi connectivity index (χ0) is 11.8. The van der Waals surface area contributed by atoms with Gasteiger partial charge in [-0.25, -0.2) is 0 Å². The summed E-state index contributed by atoms with van der Waals surface area (Å²) in [5.74, 6) is -0.501. The van der Waals surface area contributed by atoms with Crippen molar-refractivity contribution in [3.63, 3.8) is 0 Å². The quantitative estimate of drug-likeness (QED) is 0.896. The van der Waals surface area contributed by atoms with Gasteiger partial charge in [-0.15, -0.1) is 0 Å². The molecule has 0 radical (unpaired) electrons. The second-order valence-corrected chi connectivity index (χ2v) is 4.80. The number of hydrogen-bond acceptors (Lipinski definition) is 4. The maximum Gasteiger partial charge on any atom is 0.452 e. The maximum absolute atomic E-state index is 12.2. The van der Waals surface area contributed by atoms with Crippen LogP contribution in [0, 0.1) is 5.92 Å². The summed E-state index contributed by atoms with van der Waals surface area (Å²) in [5, 5.41) is 3.24. The van der Waals surface area contributed by atoms with Gasteiger partial charge in [0.15, 0.2) is 0 Å². The summed E-state index contributed by atoms with van der Waals surface area (Å²) in [6.07, 6.45) is -0.963. The van der Waals surface area contributed by atoms with Crippen molar-refractivity contribution in [3.8, 4) is 0 Å². The van der Waals surface area contributed by atoms with E-state index in [-0.39, 0.29) is 11.2 Å². The first-order chi connectivity index (χ1) is 7.47. The van der Waals surface area contributed by atoms with Gasteiger partial charge < -0.3 is 5.32 Å². The summed E-state index contributed by atoms with van der Waals surface area (Å²) in [6, 6.07) is 0.169. The number of nitrogens with zero attached hydrogens (tertiary/aromatic N) is 2. The molecule has 0 aliphatic heterocycles. The van der Waals surface area contributed by atoms with Crippen molar-refractivity contribution in [2.45, 2.75) is 38.4 Å². The molecule has 90 valence electrons. The van der Waals surface area contributed by atoms with Crippen LogP contribution >= 0.6 is 11.5 Å². The van der Waals surface area contributed by atoms with E-state index in [2.05, 4.69) is 14.7 Å². The number of halogens is 3. The van der Waals surface area contributed by atoms with Gasteiger partial charge in [-0.05, 0) is 25.7 Å². The van der Waals surface area contributed by atoms with Gasteiger partial charge in [0.05, 0.1) is 0 Å². The van der Waals surface area contributed by atoms with Crippen molar-refractivity contribution in [3.05, 3.63) is 5.82 Å². The van der Waals surface area contributed by atoms with Gasteiger partial charge in [-0.2, -0.15) is 22.5 Å². The van der Waals surface area contributed by atoms with Crippen molar-refractivity contribution in [2.24, 2.45) is 5.92 Å². The summed E-state index contributed by atoms with van der Waals surface area (Å²) in [7, 11) is 0. The Morgan fingerprint density at radius 2 is 2.12 bits per heavy atom. The molecule has 1 unspecified atom stereocenters. The second-order valence-electron chi connectivity index (χ2n) is 4.04. The molecule has 7 heteroatoms. The molecule has 0 spiro atoms. The number of hydrogen-bond donors (Lipinski definition) is 1. The molecule has 1 fully saturated rings. The molecule has 1 aromatic heterocycles. The fourth-order valence-corrected chi connectivity index (χ4v) is 2.33. The molecule has 2 rings (SSSR count). The Bertz CT molecular complexity index is 359. The van der Waals surface area contributed by atoms with Crippen LogP contribution in [-0.2, 0) is 6.18 Å². The van der Waals surface area contributed by atoms with Gasteiger partial charge in [0.1, 0.15) is 0 Å². The van der Waals surface area contributed by atoms with E-state index in [1.54, 1.807) is 0 Å². The van der Waals surface area contributed by atoms with Gasteiger partial charge >= 0.3 is 6.18 Å². The maximum atomic E-state index is 12.2. The first-order valence-electron chi connectivity index (χ1n) is 5.14. The van der Waals surface area contributed by atoms with Crippen molar-refractivity contribution in [2.75, 3.05) is 5.32 Å². The van der Waals surface area contributed by atoms with Crippen LogP contribution in [0.15, 0.2) is 0 Å². The molecule has 16 heavy (non-hydrogen) atoms. The van der Waals surface area contributed by atoms with Crippen molar-refractivity contribution in [1.82, 2.24) is 9.36 Å². The van der Waals surface area contributed by atoms with Crippen LogP contribution in [0.4, 0.5) is 18.3 Å². The second kappa shape index (κ2) is 4.20. The molecule has 0 bridgehead atoms. The summed E-state index contributed by atoms with van der Waals surface area (Å²) in [4.78, 5) is 3.43. The lowest BCUT2D eigenvalue weighted by Gasteiger charge is -2.31. The minimum absolute atomic E-state index is 0.169. The lowest BCUT2D eigenvalue weighted by atomic mass is 9.80. The minimum Gasteiger partial charge on any atom is -0.358 e. The lowest BCUT2D eigenvalue weighted by molar-refractivity contribution is -0.144. The Morgan fingerprint density at radius 1 is 1.44 bits per heavy atom. The van der Waals surface area contributed by atoms with Crippen LogP contribution in [0.2, 0.25) is 0 Å². The number of alkyl halides is 3. The Labute approximate surface area is 95.2 Å². The highest BCUT2D eigenvalue weighted by Crippen LogP contribution is 2.33. The number of rotatable bonds is 3. The summed E-state index contributed by atoms with van der Waals surface area (Å²) in [5.41, 5.74) is 0. The highest BCUT2D eigenvalue weighted by atomic mass is 32.1. The Balaban J connectivity index is 1.97. The summed E-state index contributed by atoms with van der Waals surface area (Å²) in [6.45, 7) is 1.97. The van der Waals surface area contributed by atoms with Crippen LogP contribution < -0.4 is 5.32 Å². The van der Waals surface area contributed by atoms with Gasteiger partial charge in [-0.1, -0.05) is 6.42 Å². The van der Waals surface area contributed by atoms with Crippen LogP contribution in [0.3, 0.4) is 0 Å². The standard InChI is InChI=1S/C9H12F3N3S/c1-5(6-3-2-4-6)13-8-14-7(15-16-8)9(10,11)12/h5-6H,2-4H2,1H3,(H,13,14,15). The highest BCUT2D eigenvalue weighted by Gasteiger charge is 2.36. The average Bonchev–Trinajstić information content (AvgIpc) is 2.47. The SMILES string of the molecule is CC(Nc1nc(C(F)(F)F)ns1)C1CCC1.